The fraction of sp³-hybridized carbons (Fsp3) is 0.500. The highest BCUT2D eigenvalue weighted by molar-refractivity contribution is 5.81. The second-order valence-electron chi connectivity index (χ2n) is 4.68. The van der Waals surface area contributed by atoms with Gasteiger partial charge in [-0.1, -0.05) is 0 Å². The van der Waals surface area contributed by atoms with E-state index < -0.39 is 11.9 Å². The predicted molar refractivity (Wildman–Crippen MR) is 73.6 cm³/mol. The van der Waals surface area contributed by atoms with Crippen LogP contribution in [0.1, 0.15) is 25.5 Å². The summed E-state index contributed by atoms with van der Waals surface area (Å²) in [6, 6.07) is 4.25. The molecule has 0 aliphatic carbocycles. The molecule has 1 aromatic rings. The Balaban J connectivity index is 3.07. The lowest BCUT2D eigenvalue weighted by Crippen LogP contribution is -2.37. The molecule has 0 heterocycles. The quantitative estimate of drug-likeness (QED) is 0.885. The van der Waals surface area contributed by atoms with Crippen molar-refractivity contribution in [1.29, 1.82) is 0 Å². The Labute approximate surface area is 113 Å². The SMILES string of the molecule is CCN(CC(=O)N(C)C)c1ccc(F)cc1C(C)O. The van der Waals surface area contributed by atoms with Crippen molar-refractivity contribution in [1.82, 2.24) is 4.90 Å². The smallest absolute Gasteiger partial charge is 0.241 e. The van der Waals surface area contributed by atoms with E-state index in [9.17, 15) is 14.3 Å². The summed E-state index contributed by atoms with van der Waals surface area (Å²) in [5.41, 5.74) is 1.18. The molecule has 0 aliphatic heterocycles. The zero-order chi connectivity index (χ0) is 14.6. The maximum Gasteiger partial charge on any atom is 0.241 e. The number of benzene rings is 1. The Kier molecular flexibility index (Phi) is 5.30. The molecule has 1 unspecified atom stereocenters. The number of halogens is 1. The minimum absolute atomic E-state index is 0.0392. The van der Waals surface area contributed by atoms with Gasteiger partial charge in [0.1, 0.15) is 5.82 Å². The topological polar surface area (TPSA) is 43.8 Å². The zero-order valence-electron chi connectivity index (χ0n) is 11.9. The van der Waals surface area contributed by atoms with Crippen molar-refractivity contribution >= 4 is 11.6 Å². The van der Waals surface area contributed by atoms with Crippen LogP contribution < -0.4 is 4.90 Å². The molecular weight excluding hydrogens is 247 g/mol. The van der Waals surface area contributed by atoms with Crippen LogP contribution in [0.4, 0.5) is 10.1 Å². The average molecular weight is 268 g/mol. The van der Waals surface area contributed by atoms with E-state index in [4.69, 9.17) is 0 Å². The van der Waals surface area contributed by atoms with Crippen molar-refractivity contribution < 1.29 is 14.3 Å². The molecule has 0 aromatic heterocycles. The van der Waals surface area contributed by atoms with E-state index in [1.165, 1.54) is 17.0 Å². The maximum atomic E-state index is 13.3. The van der Waals surface area contributed by atoms with E-state index >= 15 is 0 Å². The summed E-state index contributed by atoms with van der Waals surface area (Å²) in [4.78, 5) is 15.1. The van der Waals surface area contributed by atoms with Gasteiger partial charge in [-0.3, -0.25) is 4.79 Å². The highest BCUT2D eigenvalue weighted by atomic mass is 19.1. The summed E-state index contributed by atoms with van der Waals surface area (Å²) in [6.45, 7) is 4.30. The molecule has 0 aliphatic rings. The van der Waals surface area contributed by atoms with Crippen LogP contribution in [0, 0.1) is 5.82 Å². The molecule has 4 nitrogen and oxygen atoms in total. The van der Waals surface area contributed by atoms with E-state index in [1.807, 2.05) is 11.8 Å². The number of hydrogen-bond acceptors (Lipinski definition) is 3. The van der Waals surface area contributed by atoms with Crippen molar-refractivity contribution in [2.75, 3.05) is 32.1 Å². The fourth-order valence-electron chi connectivity index (χ4n) is 1.82. The van der Waals surface area contributed by atoms with Gasteiger partial charge in [-0.15, -0.1) is 0 Å². The van der Waals surface area contributed by atoms with Crippen LogP contribution in [0.15, 0.2) is 18.2 Å². The first kappa shape index (κ1) is 15.4. The number of likely N-dealkylation sites (N-methyl/N-ethyl adjacent to an activating group) is 2. The molecule has 1 aromatic carbocycles. The summed E-state index contributed by atoms with van der Waals surface area (Å²) in [5, 5.41) is 9.73. The van der Waals surface area contributed by atoms with Crippen LogP contribution >= 0.6 is 0 Å². The highest BCUT2D eigenvalue weighted by Crippen LogP contribution is 2.27. The molecular formula is C14H21FN2O2. The second kappa shape index (κ2) is 6.52. The molecule has 5 heteroatoms. The van der Waals surface area contributed by atoms with Gasteiger partial charge in [0.15, 0.2) is 0 Å². The third-order valence-electron chi connectivity index (χ3n) is 2.99. The highest BCUT2D eigenvalue weighted by Gasteiger charge is 2.17. The first-order valence-electron chi connectivity index (χ1n) is 6.29. The van der Waals surface area contributed by atoms with Crippen molar-refractivity contribution in [3.63, 3.8) is 0 Å². The monoisotopic (exact) mass is 268 g/mol. The molecule has 0 spiro atoms. The van der Waals surface area contributed by atoms with Crippen LogP contribution in [0.2, 0.25) is 0 Å². The zero-order valence-corrected chi connectivity index (χ0v) is 11.9. The number of anilines is 1. The number of nitrogens with zero attached hydrogens (tertiary/aromatic N) is 2. The Hall–Kier alpha value is -1.62. The molecule has 0 saturated heterocycles. The molecule has 0 saturated carbocycles. The Morgan fingerprint density at radius 2 is 2.05 bits per heavy atom. The van der Waals surface area contributed by atoms with Crippen LogP contribution in [-0.2, 0) is 4.79 Å². The fourth-order valence-corrected chi connectivity index (χ4v) is 1.82. The van der Waals surface area contributed by atoms with E-state index in [1.54, 1.807) is 27.1 Å². The standard InChI is InChI=1S/C14H21FN2O2/c1-5-17(9-14(19)16(3)4)13-7-6-11(15)8-12(13)10(2)18/h6-8,10,18H,5,9H2,1-4H3. The Morgan fingerprint density at radius 1 is 1.42 bits per heavy atom. The third-order valence-corrected chi connectivity index (χ3v) is 2.99. The first-order valence-corrected chi connectivity index (χ1v) is 6.29. The molecule has 1 amide bonds. The average Bonchev–Trinajstić information content (AvgIpc) is 2.35. The largest absolute Gasteiger partial charge is 0.389 e. The van der Waals surface area contributed by atoms with Gasteiger partial charge in [0, 0.05) is 31.9 Å². The van der Waals surface area contributed by atoms with E-state index in [2.05, 4.69) is 0 Å². The number of amides is 1. The van der Waals surface area contributed by atoms with Crippen molar-refractivity contribution in [3.8, 4) is 0 Å². The van der Waals surface area contributed by atoms with Gasteiger partial charge in [-0.05, 0) is 32.0 Å². The molecule has 0 radical (unpaired) electrons. The molecule has 0 bridgehead atoms. The number of rotatable bonds is 5. The number of aliphatic hydroxyl groups excluding tert-OH is 1. The van der Waals surface area contributed by atoms with Crippen molar-refractivity contribution in [2.24, 2.45) is 0 Å². The van der Waals surface area contributed by atoms with E-state index in [0.29, 0.717) is 17.8 Å². The summed E-state index contributed by atoms with van der Waals surface area (Å²) in [6.07, 6.45) is -0.783. The molecule has 1 rings (SSSR count). The Morgan fingerprint density at radius 3 is 2.53 bits per heavy atom. The number of carbonyl (C=O) groups excluding carboxylic acids is 1. The number of carbonyl (C=O) groups is 1. The van der Waals surface area contributed by atoms with Gasteiger partial charge < -0.3 is 14.9 Å². The van der Waals surface area contributed by atoms with Gasteiger partial charge in [0.2, 0.25) is 5.91 Å². The molecule has 1 atom stereocenters. The van der Waals surface area contributed by atoms with Crippen LogP contribution in [0.3, 0.4) is 0 Å². The molecule has 19 heavy (non-hydrogen) atoms. The minimum Gasteiger partial charge on any atom is -0.389 e. The summed E-state index contributed by atoms with van der Waals surface area (Å²) in [5.74, 6) is -0.433. The van der Waals surface area contributed by atoms with Gasteiger partial charge in [0.05, 0.1) is 12.6 Å². The van der Waals surface area contributed by atoms with Gasteiger partial charge in [-0.2, -0.15) is 0 Å². The van der Waals surface area contributed by atoms with Gasteiger partial charge in [0.25, 0.3) is 0 Å². The van der Waals surface area contributed by atoms with Crippen LogP contribution in [0.25, 0.3) is 0 Å². The molecule has 1 N–H and O–H groups in total. The lowest BCUT2D eigenvalue weighted by Gasteiger charge is -2.27. The lowest BCUT2D eigenvalue weighted by atomic mass is 10.1. The number of hydrogen-bond donors (Lipinski definition) is 1. The maximum absolute atomic E-state index is 13.3. The van der Waals surface area contributed by atoms with Gasteiger partial charge >= 0.3 is 0 Å². The predicted octanol–water partition coefficient (Wildman–Crippen LogP) is 1.79. The third kappa shape index (κ3) is 3.92. The van der Waals surface area contributed by atoms with E-state index in [0.717, 1.165) is 0 Å². The lowest BCUT2D eigenvalue weighted by molar-refractivity contribution is -0.127. The normalized spacial score (nSPS) is 12.1. The second-order valence-corrected chi connectivity index (χ2v) is 4.68. The molecule has 0 fully saturated rings. The Bertz CT molecular complexity index is 447. The summed E-state index contributed by atoms with van der Waals surface area (Å²) >= 11 is 0. The van der Waals surface area contributed by atoms with Gasteiger partial charge in [-0.25, -0.2) is 4.39 Å². The van der Waals surface area contributed by atoms with E-state index in [-0.39, 0.29) is 12.5 Å². The van der Waals surface area contributed by atoms with Crippen LogP contribution in [-0.4, -0.2) is 43.1 Å². The minimum atomic E-state index is -0.783. The summed E-state index contributed by atoms with van der Waals surface area (Å²) in [7, 11) is 3.38. The number of aliphatic hydroxyl groups is 1. The van der Waals surface area contributed by atoms with Crippen molar-refractivity contribution in [3.05, 3.63) is 29.6 Å². The van der Waals surface area contributed by atoms with Crippen molar-refractivity contribution in [2.45, 2.75) is 20.0 Å². The summed E-state index contributed by atoms with van der Waals surface area (Å²) < 4.78 is 13.3. The van der Waals surface area contributed by atoms with Crippen LogP contribution in [0.5, 0.6) is 0 Å². The first-order chi connectivity index (χ1) is 8.86. The molecule has 106 valence electrons.